The highest BCUT2D eigenvalue weighted by molar-refractivity contribution is 5.85. The quantitative estimate of drug-likeness (QED) is 0.834. The number of halogens is 2. The highest BCUT2D eigenvalue weighted by Gasteiger charge is 2.14. The number of rotatable bonds is 4. The van der Waals surface area contributed by atoms with E-state index in [2.05, 4.69) is 0 Å². The van der Waals surface area contributed by atoms with E-state index in [4.69, 9.17) is 15.6 Å². The van der Waals surface area contributed by atoms with Gasteiger partial charge >= 0.3 is 0 Å². The summed E-state index contributed by atoms with van der Waals surface area (Å²) in [5, 5.41) is 8.68. The minimum Gasteiger partial charge on any atom is -0.494 e. The number of methoxy groups -OCH3 is 1. The van der Waals surface area contributed by atoms with E-state index in [1.165, 1.54) is 13.2 Å². The summed E-state index contributed by atoms with van der Waals surface area (Å²) in [5.41, 5.74) is 6.05. The van der Waals surface area contributed by atoms with Crippen LogP contribution in [-0.4, -0.2) is 18.8 Å². The molecule has 0 aromatic heterocycles. The lowest BCUT2D eigenvalue weighted by Crippen LogP contribution is -2.14. The minimum absolute atomic E-state index is 0. The Morgan fingerprint density at radius 1 is 1.53 bits per heavy atom. The molecule has 0 spiro atoms. The lowest BCUT2D eigenvalue weighted by Gasteiger charge is -2.13. The molecule has 3 N–H and O–H groups in total. The molecular weight excluding hydrogens is 221 g/mol. The predicted molar refractivity (Wildman–Crippen MR) is 58.8 cm³/mol. The van der Waals surface area contributed by atoms with Gasteiger partial charge in [-0.25, -0.2) is 4.39 Å². The van der Waals surface area contributed by atoms with Crippen LogP contribution in [0.25, 0.3) is 0 Å². The topological polar surface area (TPSA) is 55.5 Å². The predicted octanol–water partition coefficient (Wildman–Crippen LogP) is 1.64. The Kier molecular flexibility index (Phi) is 6.24. The summed E-state index contributed by atoms with van der Waals surface area (Å²) in [7, 11) is 1.40. The Bertz CT molecular complexity index is 309. The standard InChI is InChI=1S/C10H14FNO2.ClH/c1-14-9-4-2-3-7(10(9)11)8(12)5-6-13;/h2-4,8,13H,5-6,12H2,1H3;1H/t8-;/m1./s1. The van der Waals surface area contributed by atoms with Gasteiger partial charge in [-0.1, -0.05) is 12.1 Å². The van der Waals surface area contributed by atoms with Crippen molar-refractivity contribution in [1.82, 2.24) is 0 Å². The van der Waals surface area contributed by atoms with E-state index in [-0.39, 0.29) is 24.8 Å². The van der Waals surface area contributed by atoms with Gasteiger partial charge in [0.05, 0.1) is 7.11 Å². The highest BCUT2D eigenvalue weighted by Crippen LogP contribution is 2.24. The molecule has 0 aliphatic heterocycles. The van der Waals surface area contributed by atoms with E-state index >= 15 is 0 Å². The SMILES string of the molecule is COc1cccc([C@H](N)CCO)c1F.Cl. The van der Waals surface area contributed by atoms with Crippen molar-refractivity contribution in [3.8, 4) is 5.75 Å². The van der Waals surface area contributed by atoms with Gasteiger partial charge in [0.1, 0.15) is 0 Å². The summed E-state index contributed by atoms with van der Waals surface area (Å²) >= 11 is 0. The van der Waals surface area contributed by atoms with Gasteiger partial charge in [0.2, 0.25) is 0 Å². The number of ether oxygens (including phenoxy) is 1. The molecule has 0 fully saturated rings. The first-order valence-electron chi connectivity index (χ1n) is 4.39. The van der Waals surface area contributed by atoms with E-state index in [0.717, 1.165) is 0 Å². The maximum absolute atomic E-state index is 13.6. The Hall–Kier alpha value is -0.840. The van der Waals surface area contributed by atoms with E-state index < -0.39 is 11.9 Å². The number of hydrogen-bond donors (Lipinski definition) is 2. The fraction of sp³-hybridized carbons (Fsp3) is 0.400. The first kappa shape index (κ1) is 14.2. The van der Waals surface area contributed by atoms with Gasteiger partial charge in [0.15, 0.2) is 11.6 Å². The maximum Gasteiger partial charge on any atom is 0.169 e. The summed E-state index contributed by atoms with van der Waals surface area (Å²) in [6.45, 7) is -0.0577. The average Bonchev–Trinajstić information content (AvgIpc) is 2.18. The van der Waals surface area contributed by atoms with Crippen molar-refractivity contribution >= 4 is 12.4 Å². The van der Waals surface area contributed by atoms with Crippen LogP contribution >= 0.6 is 12.4 Å². The summed E-state index contributed by atoms with van der Waals surface area (Å²) in [5.74, 6) is -0.271. The van der Waals surface area contributed by atoms with Gasteiger partial charge in [0, 0.05) is 18.2 Å². The zero-order valence-electron chi connectivity index (χ0n) is 8.44. The molecule has 1 aromatic carbocycles. The molecule has 86 valence electrons. The number of aliphatic hydroxyl groups is 1. The molecule has 0 radical (unpaired) electrons. The molecule has 0 bridgehead atoms. The van der Waals surface area contributed by atoms with Gasteiger partial charge in [-0.05, 0) is 12.5 Å². The number of aliphatic hydroxyl groups excluding tert-OH is 1. The van der Waals surface area contributed by atoms with E-state index in [1.807, 2.05) is 0 Å². The van der Waals surface area contributed by atoms with E-state index in [9.17, 15) is 4.39 Å². The van der Waals surface area contributed by atoms with Gasteiger partial charge in [-0.15, -0.1) is 12.4 Å². The van der Waals surface area contributed by atoms with Crippen LogP contribution < -0.4 is 10.5 Å². The fourth-order valence-electron chi connectivity index (χ4n) is 1.27. The number of nitrogens with two attached hydrogens (primary N) is 1. The third kappa shape index (κ3) is 3.34. The second kappa shape index (κ2) is 6.61. The molecule has 0 unspecified atom stereocenters. The minimum atomic E-state index is -0.491. The molecule has 1 aromatic rings. The normalized spacial score (nSPS) is 11.7. The average molecular weight is 236 g/mol. The second-order valence-corrected chi connectivity index (χ2v) is 2.98. The van der Waals surface area contributed by atoms with Crippen molar-refractivity contribution in [3.63, 3.8) is 0 Å². The monoisotopic (exact) mass is 235 g/mol. The van der Waals surface area contributed by atoms with Crippen LogP contribution in [0.2, 0.25) is 0 Å². The molecule has 0 saturated heterocycles. The molecule has 0 heterocycles. The van der Waals surface area contributed by atoms with Crippen molar-refractivity contribution in [2.24, 2.45) is 5.73 Å². The molecule has 3 nitrogen and oxygen atoms in total. The van der Waals surface area contributed by atoms with Gasteiger partial charge in [-0.2, -0.15) is 0 Å². The lowest BCUT2D eigenvalue weighted by atomic mass is 10.0. The molecular formula is C10H15ClFNO2. The zero-order chi connectivity index (χ0) is 10.6. The molecule has 0 amide bonds. The van der Waals surface area contributed by atoms with E-state index in [1.54, 1.807) is 12.1 Å². The first-order chi connectivity index (χ1) is 6.70. The summed E-state index contributed by atoms with van der Waals surface area (Å²) in [6.07, 6.45) is 0.337. The smallest absolute Gasteiger partial charge is 0.169 e. The second-order valence-electron chi connectivity index (χ2n) is 2.98. The summed E-state index contributed by atoms with van der Waals surface area (Å²) in [6, 6.07) is 4.31. The Labute approximate surface area is 94.5 Å². The zero-order valence-corrected chi connectivity index (χ0v) is 9.26. The summed E-state index contributed by atoms with van der Waals surface area (Å²) in [4.78, 5) is 0. The summed E-state index contributed by atoms with van der Waals surface area (Å²) < 4.78 is 18.4. The van der Waals surface area contributed by atoms with Crippen molar-refractivity contribution in [2.75, 3.05) is 13.7 Å². The molecule has 1 rings (SSSR count). The lowest BCUT2D eigenvalue weighted by molar-refractivity contribution is 0.275. The van der Waals surface area contributed by atoms with Crippen LogP contribution in [0.3, 0.4) is 0 Å². The molecule has 0 saturated carbocycles. The first-order valence-corrected chi connectivity index (χ1v) is 4.39. The number of benzene rings is 1. The van der Waals surface area contributed by atoms with Crippen molar-refractivity contribution in [2.45, 2.75) is 12.5 Å². The van der Waals surface area contributed by atoms with Crippen LogP contribution in [0.1, 0.15) is 18.0 Å². The van der Waals surface area contributed by atoms with Crippen molar-refractivity contribution in [3.05, 3.63) is 29.6 Å². The van der Waals surface area contributed by atoms with Crippen molar-refractivity contribution < 1.29 is 14.2 Å². The Morgan fingerprint density at radius 2 is 2.20 bits per heavy atom. The van der Waals surface area contributed by atoms with Crippen molar-refractivity contribution in [1.29, 1.82) is 0 Å². The Balaban J connectivity index is 0.00000196. The molecule has 0 aliphatic carbocycles. The van der Waals surface area contributed by atoms with Gasteiger partial charge in [0.25, 0.3) is 0 Å². The molecule has 1 atom stereocenters. The Morgan fingerprint density at radius 3 is 2.73 bits per heavy atom. The van der Waals surface area contributed by atoms with Gasteiger partial charge < -0.3 is 15.6 Å². The fourth-order valence-corrected chi connectivity index (χ4v) is 1.27. The van der Waals surface area contributed by atoms with Crippen LogP contribution in [0, 0.1) is 5.82 Å². The third-order valence-corrected chi connectivity index (χ3v) is 2.05. The van der Waals surface area contributed by atoms with Crippen LogP contribution in [0.15, 0.2) is 18.2 Å². The maximum atomic E-state index is 13.6. The third-order valence-electron chi connectivity index (χ3n) is 2.05. The highest BCUT2D eigenvalue weighted by atomic mass is 35.5. The van der Waals surface area contributed by atoms with Crippen LogP contribution in [0.5, 0.6) is 5.75 Å². The van der Waals surface area contributed by atoms with Crippen LogP contribution in [0.4, 0.5) is 4.39 Å². The molecule has 5 heteroatoms. The molecule has 0 aliphatic rings. The number of hydrogen-bond acceptors (Lipinski definition) is 3. The van der Waals surface area contributed by atoms with E-state index in [0.29, 0.717) is 12.0 Å². The molecule has 15 heavy (non-hydrogen) atoms. The van der Waals surface area contributed by atoms with Crippen LogP contribution in [-0.2, 0) is 0 Å². The van der Waals surface area contributed by atoms with Gasteiger partial charge in [-0.3, -0.25) is 0 Å². The largest absolute Gasteiger partial charge is 0.494 e.